The van der Waals surface area contributed by atoms with Crippen molar-refractivity contribution in [3.05, 3.63) is 64.7 Å². The lowest BCUT2D eigenvalue weighted by atomic mass is 10.2. The van der Waals surface area contributed by atoms with Gasteiger partial charge in [0, 0.05) is 24.3 Å². The minimum atomic E-state index is -3.46. The molecule has 25 heavy (non-hydrogen) atoms. The maximum absolute atomic E-state index is 12.3. The van der Waals surface area contributed by atoms with Gasteiger partial charge in [-0.1, -0.05) is 35.9 Å². The molecule has 2 atom stereocenters. The summed E-state index contributed by atoms with van der Waals surface area (Å²) in [6.45, 7) is 0.804. The molecule has 0 aliphatic carbocycles. The van der Waals surface area contributed by atoms with Gasteiger partial charge in [0.05, 0.1) is 19.4 Å². The molecule has 0 radical (unpaired) electrons. The second kappa shape index (κ2) is 9.37. The van der Waals surface area contributed by atoms with Crippen molar-refractivity contribution in [1.82, 2.24) is 5.32 Å². The second-order valence-corrected chi connectivity index (χ2v) is 8.76. The van der Waals surface area contributed by atoms with Gasteiger partial charge in [0.25, 0.3) is 0 Å². The largest absolute Gasteiger partial charge is 0.497 e. The normalized spacial score (nSPS) is 14.7. The predicted molar refractivity (Wildman–Crippen MR) is 101 cm³/mol. The first-order valence-corrected chi connectivity index (χ1v) is 10.4. The van der Waals surface area contributed by atoms with Crippen LogP contribution >= 0.6 is 19.0 Å². The third-order valence-corrected chi connectivity index (χ3v) is 5.81. The Morgan fingerprint density at radius 3 is 2.32 bits per heavy atom. The molecule has 2 unspecified atom stereocenters. The predicted octanol–water partition coefficient (Wildman–Crippen LogP) is 3.27. The van der Waals surface area contributed by atoms with Crippen molar-refractivity contribution in [2.24, 2.45) is 0 Å². The van der Waals surface area contributed by atoms with Crippen molar-refractivity contribution in [2.75, 3.05) is 19.8 Å². The number of halogens is 1. The number of rotatable bonds is 9. The van der Waals surface area contributed by atoms with Crippen molar-refractivity contribution < 1.29 is 19.3 Å². The third kappa shape index (κ3) is 7.18. The number of aliphatic hydroxyl groups excluding tert-OH is 1. The van der Waals surface area contributed by atoms with Gasteiger partial charge in [-0.15, -0.1) is 0 Å². The highest BCUT2D eigenvalue weighted by atomic mass is 35.5. The highest BCUT2D eigenvalue weighted by Crippen LogP contribution is 2.45. The Morgan fingerprint density at radius 2 is 1.72 bits per heavy atom. The zero-order valence-electron chi connectivity index (χ0n) is 14.1. The van der Waals surface area contributed by atoms with Gasteiger partial charge in [-0.25, -0.2) is 0 Å². The van der Waals surface area contributed by atoms with E-state index in [4.69, 9.17) is 16.3 Å². The standard InChI is InChI=1S/C18H23ClNO4P/c1-24-18-8-4-15(5-9-18)12-25(22,23)13-17(21)11-20-10-14-2-6-16(19)7-3-14/h2-9,17,20-21H,10-13H2,1H3,(H,22,23). The summed E-state index contributed by atoms with van der Waals surface area (Å²) in [6, 6.07) is 14.4. The summed E-state index contributed by atoms with van der Waals surface area (Å²) in [5.74, 6) is 0.697. The van der Waals surface area contributed by atoms with Gasteiger partial charge in [-0.2, -0.15) is 0 Å². The molecule has 0 heterocycles. The molecule has 3 N–H and O–H groups in total. The van der Waals surface area contributed by atoms with Crippen molar-refractivity contribution >= 4 is 19.0 Å². The molecule has 0 aliphatic heterocycles. The molecule has 136 valence electrons. The molecule has 2 rings (SSSR count). The Bertz CT molecular complexity index is 706. The summed E-state index contributed by atoms with van der Waals surface area (Å²) in [5, 5.41) is 13.8. The average molecular weight is 384 g/mol. The van der Waals surface area contributed by atoms with E-state index in [0.717, 1.165) is 11.1 Å². The van der Waals surface area contributed by atoms with Crippen LogP contribution in [-0.4, -0.2) is 35.9 Å². The fraction of sp³-hybridized carbons (Fsp3) is 0.333. The fourth-order valence-electron chi connectivity index (χ4n) is 2.46. The summed E-state index contributed by atoms with van der Waals surface area (Å²) in [5.41, 5.74) is 1.77. The molecule has 0 saturated heterocycles. The van der Waals surface area contributed by atoms with Crippen LogP contribution in [0.4, 0.5) is 0 Å². The lowest BCUT2D eigenvalue weighted by molar-refractivity contribution is 0.190. The Hall–Kier alpha value is -1.36. The summed E-state index contributed by atoms with van der Waals surface area (Å²) in [7, 11) is -1.89. The van der Waals surface area contributed by atoms with Crippen LogP contribution in [0.2, 0.25) is 5.02 Å². The van der Waals surface area contributed by atoms with E-state index in [2.05, 4.69) is 5.32 Å². The van der Waals surface area contributed by atoms with E-state index in [-0.39, 0.29) is 18.9 Å². The highest BCUT2D eigenvalue weighted by Gasteiger charge is 2.23. The third-order valence-electron chi connectivity index (χ3n) is 3.71. The van der Waals surface area contributed by atoms with Crippen LogP contribution in [-0.2, 0) is 17.3 Å². The SMILES string of the molecule is COc1ccc(CP(=O)(O)CC(O)CNCc2ccc(Cl)cc2)cc1. The summed E-state index contributed by atoms with van der Waals surface area (Å²) >= 11 is 5.83. The van der Waals surface area contributed by atoms with Crippen LogP contribution < -0.4 is 10.1 Å². The maximum Gasteiger partial charge on any atom is 0.207 e. The zero-order valence-corrected chi connectivity index (χ0v) is 15.7. The van der Waals surface area contributed by atoms with E-state index in [1.165, 1.54) is 0 Å². The smallest absolute Gasteiger partial charge is 0.207 e. The molecule has 2 aromatic carbocycles. The molecule has 5 nitrogen and oxygen atoms in total. The Morgan fingerprint density at radius 1 is 1.12 bits per heavy atom. The Balaban J connectivity index is 1.78. The molecule has 0 aliphatic rings. The molecular weight excluding hydrogens is 361 g/mol. The minimum absolute atomic E-state index is 0.0330. The monoisotopic (exact) mass is 383 g/mol. The minimum Gasteiger partial charge on any atom is -0.497 e. The Labute approximate surface area is 153 Å². The van der Waals surface area contributed by atoms with Crippen molar-refractivity contribution in [2.45, 2.75) is 18.8 Å². The topological polar surface area (TPSA) is 78.8 Å². The lowest BCUT2D eigenvalue weighted by Crippen LogP contribution is -2.29. The summed E-state index contributed by atoms with van der Waals surface area (Å²) in [6.07, 6.45) is -1.00. The van der Waals surface area contributed by atoms with Gasteiger partial charge in [0.1, 0.15) is 5.75 Å². The van der Waals surface area contributed by atoms with Gasteiger partial charge in [0.2, 0.25) is 7.37 Å². The molecule has 0 saturated carbocycles. The highest BCUT2D eigenvalue weighted by molar-refractivity contribution is 7.57. The molecule has 0 aromatic heterocycles. The fourth-order valence-corrected chi connectivity index (χ4v) is 4.28. The van der Waals surface area contributed by atoms with Crippen molar-refractivity contribution in [1.29, 1.82) is 0 Å². The number of ether oxygens (including phenoxy) is 1. The molecule has 7 heteroatoms. The molecule has 2 aromatic rings. The molecule has 0 spiro atoms. The maximum atomic E-state index is 12.3. The lowest BCUT2D eigenvalue weighted by Gasteiger charge is -2.17. The van der Waals surface area contributed by atoms with Crippen molar-refractivity contribution in [3.63, 3.8) is 0 Å². The molecule has 0 fully saturated rings. The first-order valence-electron chi connectivity index (χ1n) is 7.95. The van der Waals surface area contributed by atoms with Gasteiger partial charge in [0.15, 0.2) is 0 Å². The van der Waals surface area contributed by atoms with E-state index in [9.17, 15) is 14.6 Å². The van der Waals surface area contributed by atoms with E-state index in [1.54, 1.807) is 43.5 Å². The van der Waals surface area contributed by atoms with Gasteiger partial charge in [-0.05, 0) is 35.4 Å². The van der Waals surface area contributed by atoms with Gasteiger partial charge < -0.3 is 20.1 Å². The number of nitrogens with one attached hydrogen (secondary N) is 1. The van der Waals surface area contributed by atoms with Crippen LogP contribution in [0.5, 0.6) is 5.75 Å². The van der Waals surface area contributed by atoms with E-state index in [1.807, 2.05) is 12.1 Å². The first-order chi connectivity index (χ1) is 11.9. The van der Waals surface area contributed by atoms with Crippen molar-refractivity contribution in [3.8, 4) is 5.75 Å². The number of benzene rings is 2. The Kier molecular flexibility index (Phi) is 7.48. The van der Waals surface area contributed by atoms with E-state index >= 15 is 0 Å². The first kappa shape index (κ1) is 20.0. The summed E-state index contributed by atoms with van der Waals surface area (Å²) in [4.78, 5) is 10.1. The quantitative estimate of drug-likeness (QED) is 0.579. The number of hydrogen-bond acceptors (Lipinski definition) is 4. The number of hydrogen-bond donors (Lipinski definition) is 3. The van der Waals surface area contributed by atoms with Crippen LogP contribution in [0.25, 0.3) is 0 Å². The van der Waals surface area contributed by atoms with Crippen LogP contribution in [0.1, 0.15) is 11.1 Å². The summed E-state index contributed by atoms with van der Waals surface area (Å²) < 4.78 is 17.4. The van der Waals surface area contributed by atoms with Crippen LogP contribution in [0, 0.1) is 0 Å². The van der Waals surface area contributed by atoms with Gasteiger partial charge in [-0.3, -0.25) is 4.57 Å². The zero-order chi connectivity index (χ0) is 18.3. The van der Waals surface area contributed by atoms with Gasteiger partial charge >= 0.3 is 0 Å². The number of aliphatic hydroxyl groups is 1. The van der Waals surface area contributed by atoms with E-state index < -0.39 is 13.5 Å². The molecule has 0 bridgehead atoms. The molecular formula is C18H23ClNO4P. The second-order valence-electron chi connectivity index (χ2n) is 5.95. The average Bonchev–Trinajstić information content (AvgIpc) is 2.56. The number of methoxy groups -OCH3 is 1. The van der Waals surface area contributed by atoms with Crippen LogP contribution in [0.3, 0.4) is 0 Å². The van der Waals surface area contributed by atoms with E-state index in [0.29, 0.717) is 17.3 Å². The van der Waals surface area contributed by atoms with Crippen LogP contribution in [0.15, 0.2) is 48.5 Å². The molecule has 0 amide bonds.